The molecule has 1 aliphatic rings. The minimum Gasteiger partial charge on any atom is -0.273 e. The normalized spacial score (nSPS) is 19.0. The van der Waals surface area contributed by atoms with Crippen molar-refractivity contribution in [3.05, 3.63) is 107 Å². The third-order valence-electron chi connectivity index (χ3n) is 5.83. The van der Waals surface area contributed by atoms with Gasteiger partial charge in [0.1, 0.15) is 0 Å². The number of nitrogens with zero attached hydrogens (tertiary/aromatic N) is 1. The molecule has 0 aliphatic carbocycles. The van der Waals surface area contributed by atoms with Gasteiger partial charge in [-0.1, -0.05) is 84.8 Å². The number of sulfonamides is 1. The van der Waals surface area contributed by atoms with Gasteiger partial charge in [-0.05, 0) is 48.7 Å². The minimum absolute atomic E-state index is 0.0873. The monoisotopic (exact) mass is 465 g/mol. The number of carbonyl (C=O) groups excluding carboxylic acids is 1. The van der Waals surface area contributed by atoms with Crippen LogP contribution in [0.25, 0.3) is 5.70 Å². The quantitative estimate of drug-likeness (QED) is 0.462. The van der Waals surface area contributed by atoms with Crippen molar-refractivity contribution in [2.75, 3.05) is 0 Å². The number of rotatable bonds is 5. The smallest absolute Gasteiger partial charge is 0.270 e. The first kappa shape index (κ1) is 22.3. The van der Waals surface area contributed by atoms with Crippen molar-refractivity contribution >= 4 is 33.2 Å². The fourth-order valence-corrected chi connectivity index (χ4v) is 5.72. The van der Waals surface area contributed by atoms with Gasteiger partial charge >= 0.3 is 0 Å². The molecule has 1 aliphatic heterocycles. The van der Waals surface area contributed by atoms with Gasteiger partial charge in [0.15, 0.2) is 0 Å². The standard InChI is InChI=1S/C26H24ClNO3S/c1-3-23-24(19-7-5-4-6-8-19)17-25(20-11-13-21(27)14-12-20)28(26(23)29)32(30,31)22-15-9-18(2)10-16-22/h4-17,23-24H,3H2,1-2H3/t23-,24-/m0/s1. The van der Waals surface area contributed by atoms with E-state index < -0.39 is 21.8 Å². The first-order valence-corrected chi connectivity index (χ1v) is 12.3. The van der Waals surface area contributed by atoms with Crippen LogP contribution in [0.15, 0.2) is 89.8 Å². The van der Waals surface area contributed by atoms with E-state index in [9.17, 15) is 13.2 Å². The maximum absolute atomic E-state index is 13.8. The molecule has 0 N–H and O–H groups in total. The zero-order chi connectivity index (χ0) is 22.9. The molecule has 0 spiro atoms. The van der Waals surface area contributed by atoms with E-state index in [-0.39, 0.29) is 10.8 Å². The van der Waals surface area contributed by atoms with Crippen molar-refractivity contribution in [3.63, 3.8) is 0 Å². The summed E-state index contributed by atoms with van der Waals surface area (Å²) in [6.07, 6.45) is 2.42. The average molecular weight is 466 g/mol. The van der Waals surface area contributed by atoms with E-state index in [2.05, 4.69) is 0 Å². The van der Waals surface area contributed by atoms with Crippen LogP contribution in [0.1, 0.15) is 36.0 Å². The van der Waals surface area contributed by atoms with Crippen molar-refractivity contribution in [3.8, 4) is 0 Å². The highest BCUT2D eigenvalue weighted by Gasteiger charge is 2.43. The van der Waals surface area contributed by atoms with Gasteiger partial charge in [0.05, 0.1) is 10.6 Å². The second-order valence-corrected chi connectivity index (χ2v) is 10.2. The summed E-state index contributed by atoms with van der Waals surface area (Å²) in [6.45, 7) is 3.80. The second kappa shape index (κ2) is 8.93. The molecule has 4 nitrogen and oxygen atoms in total. The lowest BCUT2D eigenvalue weighted by atomic mass is 9.80. The minimum atomic E-state index is -4.10. The molecular formula is C26H24ClNO3S. The summed E-state index contributed by atoms with van der Waals surface area (Å²) in [6, 6.07) is 23.2. The van der Waals surface area contributed by atoms with Crippen LogP contribution in [0, 0.1) is 12.8 Å². The van der Waals surface area contributed by atoms with E-state index in [1.54, 1.807) is 48.5 Å². The molecule has 32 heavy (non-hydrogen) atoms. The van der Waals surface area contributed by atoms with Crippen molar-refractivity contribution in [1.29, 1.82) is 0 Å². The maximum Gasteiger partial charge on any atom is 0.270 e. The summed E-state index contributed by atoms with van der Waals surface area (Å²) in [4.78, 5) is 13.8. The average Bonchev–Trinajstić information content (AvgIpc) is 2.79. The Bertz CT molecular complexity index is 1250. The van der Waals surface area contributed by atoms with E-state index in [0.717, 1.165) is 15.4 Å². The van der Waals surface area contributed by atoms with Gasteiger partial charge in [0.25, 0.3) is 10.0 Å². The van der Waals surface area contributed by atoms with Crippen molar-refractivity contribution in [2.45, 2.75) is 31.1 Å². The Kier molecular flexibility index (Phi) is 6.22. The zero-order valence-corrected chi connectivity index (χ0v) is 19.5. The molecule has 1 amide bonds. The Morgan fingerprint density at radius 1 is 0.906 bits per heavy atom. The van der Waals surface area contributed by atoms with Gasteiger partial charge in [-0.2, -0.15) is 0 Å². The molecule has 0 saturated carbocycles. The molecule has 3 aromatic carbocycles. The number of benzene rings is 3. The Hall–Kier alpha value is -2.89. The Morgan fingerprint density at radius 2 is 1.53 bits per heavy atom. The van der Waals surface area contributed by atoms with Gasteiger partial charge < -0.3 is 0 Å². The number of amides is 1. The highest BCUT2D eigenvalue weighted by molar-refractivity contribution is 7.90. The van der Waals surface area contributed by atoms with E-state index in [1.807, 2.05) is 50.3 Å². The van der Waals surface area contributed by atoms with Crippen LogP contribution in [-0.2, 0) is 14.8 Å². The van der Waals surface area contributed by atoms with Gasteiger partial charge in [-0.25, -0.2) is 12.7 Å². The lowest BCUT2D eigenvalue weighted by molar-refractivity contribution is -0.129. The first-order valence-electron chi connectivity index (χ1n) is 10.5. The van der Waals surface area contributed by atoms with Crippen LogP contribution >= 0.6 is 11.6 Å². The maximum atomic E-state index is 13.8. The Labute approximate surface area is 194 Å². The molecule has 1 heterocycles. The highest BCUT2D eigenvalue weighted by Crippen LogP contribution is 2.42. The summed E-state index contributed by atoms with van der Waals surface area (Å²) < 4.78 is 28.4. The fourth-order valence-electron chi connectivity index (χ4n) is 4.11. The van der Waals surface area contributed by atoms with Gasteiger partial charge in [0, 0.05) is 16.9 Å². The van der Waals surface area contributed by atoms with Crippen molar-refractivity contribution < 1.29 is 13.2 Å². The third kappa shape index (κ3) is 4.10. The predicted molar refractivity (Wildman–Crippen MR) is 128 cm³/mol. The highest BCUT2D eigenvalue weighted by atomic mass is 35.5. The van der Waals surface area contributed by atoms with Crippen LogP contribution in [0.4, 0.5) is 0 Å². The second-order valence-electron chi connectivity index (χ2n) is 7.93. The van der Waals surface area contributed by atoms with E-state index in [1.165, 1.54) is 0 Å². The molecule has 6 heteroatoms. The molecule has 0 radical (unpaired) electrons. The van der Waals surface area contributed by atoms with E-state index in [0.29, 0.717) is 22.7 Å². The number of aryl methyl sites for hydroxylation is 1. The van der Waals surface area contributed by atoms with E-state index >= 15 is 0 Å². The summed E-state index contributed by atoms with van der Waals surface area (Å²) >= 11 is 6.07. The van der Waals surface area contributed by atoms with Crippen molar-refractivity contribution in [2.24, 2.45) is 5.92 Å². The van der Waals surface area contributed by atoms with Gasteiger partial charge in [-0.3, -0.25) is 4.79 Å². The molecule has 0 bridgehead atoms. The van der Waals surface area contributed by atoms with Crippen LogP contribution < -0.4 is 0 Å². The number of hydrogen-bond donors (Lipinski definition) is 0. The fraction of sp³-hybridized carbons (Fsp3) is 0.192. The Morgan fingerprint density at radius 3 is 2.12 bits per heavy atom. The lowest BCUT2D eigenvalue weighted by Crippen LogP contribution is -2.44. The topological polar surface area (TPSA) is 54.5 Å². The molecule has 4 rings (SSSR count). The van der Waals surface area contributed by atoms with Crippen LogP contribution in [0.5, 0.6) is 0 Å². The third-order valence-corrected chi connectivity index (χ3v) is 7.81. The number of allylic oxidation sites excluding steroid dienone is 1. The molecular weight excluding hydrogens is 442 g/mol. The van der Waals surface area contributed by atoms with Crippen LogP contribution in [0.3, 0.4) is 0 Å². The predicted octanol–water partition coefficient (Wildman–Crippen LogP) is 6.03. The molecule has 0 unspecified atom stereocenters. The largest absolute Gasteiger partial charge is 0.273 e. The van der Waals surface area contributed by atoms with Crippen LogP contribution in [-0.4, -0.2) is 18.6 Å². The van der Waals surface area contributed by atoms with E-state index in [4.69, 9.17) is 11.6 Å². The first-order chi connectivity index (χ1) is 15.3. The lowest BCUT2D eigenvalue weighted by Gasteiger charge is -2.37. The van der Waals surface area contributed by atoms with Gasteiger partial charge in [0.2, 0.25) is 5.91 Å². The Balaban J connectivity index is 1.93. The summed E-state index contributed by atoms with van der Waals surface area (Å²) in [5.41, 5.74) is 2.89. The molecule has 164 valence electrons. The van der Waals surface area contributed by atoms with Crippen LogP contribution in [0.2, 0.25) is 5.02 Å². The number of hydrogen-bond acceptors (Lipinski definition) is 3. The summed E-state index contributed by atoms with van der Waals surface area (Å²) in [5, 5.41) is 0.537. The van der Waals surface area contributed by atoms with Crippen molar-refractivity contribution in [1.82, 2.24) is 4.31 Å². The number of halogens is 1. The number of carbonyl (C=O) groups is 1. The molecule has 2 atom stereocenters. The molecule has 3 aromatic rings. The summed E-state index contributed by atoms with van der Waals surface area (Å²) in [5.74, 6) is -1.15. The molecule has 0 aromatic heterocycles. The molecule has 0 saturated heterocycles. The van der Waals surface area contributed by atoms with Gasteiger partial charge in [-0.15, -0.1) is 0 Å². The zero-order valence-electron chi connectivity index (χ0n) is 17.9. The SMILES string of the molecule is CC[C@@H]1C(=O)N(S(=O)(=O)c2ccc(C)cc2)C(c2ccc(Cl)cc2)=C[C@H]1c1ccccc1. The summed E-state index contributed by atoms with van der Waals surface area (Å²) in [7, 11) is -4.10. The molecule has 0 fully saturated rings.